The molecule has 0 unspecified atom stereocenters. The van der Waals surface area contributed by atoms with E-state index in [1.807, 2.05) is 6.07 Å². The molecule has 0 aromatic heterocycles. The smallest absolute Gasteiger partial charge is 0.225 e. The maximum atomic E-state index is 11.3. The molecule has 4 heteroatoms. The number of benzene rings is 1. The summed E-state index contributed by atoms with van der Waals surface area (Å²) < 4.78 is 22.5. The molecular formula is C11H17NO2S. The molecule has 84 valence electrons. The molecule has 0 saturated heterocycles. The van der Waals surface area contributed by atoms with Crippen molar-refractivity contribution in [3.05, 3.63) is 29.3 Å². The van der Waals surface area contributed by atoms with Gasteiger partial charge in [-0.15, -0.1) is 0 Å². The predicted octanol–water partition coefficient (Wildman–Crippen LogP) is 1.84. The first kappa shape index (κ1) is 12.2. The molecule has 0 aliphatic carbocycles. The van der Waals surface area contributed by atoms with Crippen molar-refractivity contribution < 1.29 is 8.42 Å². The van der Waals surface area contributed by atoms with Gasteiger partial charge in [0.05, 0.1) is 4.90 Å². The van der Waals surface area contributed by atoms with Crippen molar-refractivity contribution in [3.63, 3.8) is 0 Å². The highest BCUT2D eigenvalue weighted by Crippen LogP contribution is 2.17. The average Bonchev–Trinajstić information content (AvgIpc) is 2.05. The first-order valence-corrected chi connectivity index (χ1v) is 6.47. The van der Waals surface area contributed by atoms with Crippen LogP contribution in [0.3, 0.4) is 0 Å². The van der Waals surface area contributed by atoms with E-state index in [2.05, 4.69) is 13.8 Å². The van der Waals surface area contributed by atoms with Crippen LogP contribution in [0.5, 0.6) is 0 Å². The molecule has 0 radical (unpaired) electrons. The number of sulfonamides is 1. The van der Waals surface area contributed by atoms with Gasteiger partial charge in [-0.05, 0) is 36.5 Å². The summed E-state index contributed by atoms with van der Waals surface area (Å²) in [5.41, 5.74) is 1.71. The summed E-state index contributed by atoms with van der Waals surface area (Å²) in [6.07, 6.45) is 0.864. The largest absolute Gasteiger partial charge is 0.238 e. The minimum Gasteiger partial charge on any atom is -0.225 e. The van der Waals surface area contributed by atoms with Crippen molar-refractivity contribution in [3.8, 4) is 0 Å². The molecule has 2 N–H and O–H groups in total. The van der Waals surface area contributed by atoms with Crippen LogP contribution in [-0.4, -0.2) is 8.42 Å². The highest BCUT2D eigenvalue weighted by Gasteiger charge is 2.12. The summed E-state index contributed by atoms with van der Waals surface area (Å²) in [6.45, 7) is 5.94. The van der Waals surface area contributed by atoms with E-state index >= 15 is 0 Å². The average molecular weight is 227 g/mol. The topological polar surface area (TPSA) is 60.2 Å². The van der Waals surface area contributed by atoms with Crippen molar-refractivity contribution >= 4 is 10.0 Å². The Bertz CT molecular complexity index is 450. The van der Waals surface area contributed by atoms with E-state index in [0.717, 1.165) is 12.0 Å². The Balaban J connectivity index is 3.18. The third kappa shape index (κ3) is 3.32. The van der Waals surface area contributed by atoms with Crippen LogP contribution in [-0.2, 0) is 16.4 Å². The first-order valence-electron chi connectivity index (χ1n) is 4.93. The fraction of sp³-hybridized carbons (Fsp3) is 0.455. The third-order valence-electron chi connectivity index (χ3n) is 2.20. The summed E-state index contributed by atoms with van der Waals surface area (Å²) in [7, 11) is -3.59. The zero-order valence-electron chi connectivity index (χ0n) is 9.32. The monoisotopic (exact) mass is 227 g/mol. The third-order valence-corrected chi connectivity index (χ3v) is 3.26. The molecule has 0 saturated carbocycles. The van der Waals surface area contributed by atoms with Gasteiger partial charge in [0.2, 0.25) is 10.0 Å². The lowest BCUT2D eigenvalue weighted by molar-refractivity contribution is 0.596. The molecule has 1 aromatic rings. The predicted molar refractivity (Wildman–Crippen MR) is 61.1 cm³/mol. The molecule has 0 amide bonds. The van der Waals surface area contributed by atoms with Crippen LogP contribution in [0.2, 0.25) is 0 Å². The number of rotatable bonds is 3. The Kier molecular flexibility index (Phi) is 3.52. The van der Waals surface area contributed by atoms with E-state index < -0.39 is 10.0 Å². The molecule has 3 nitrogen and oxygen atoms in total. The molecule has 0 spiro atoms. The van der Waals surface area contributed by atoms with Gasteiger partial charge in [-0.3, -0.25) is 0 Å². The lowest BCUT2D eigenvalue weighted by atomic mass is 10.0. The standard InChI is InChI=1S/C11H17NO2S/c1-8(2)6-10-5-4-9(3)11(7-10)15(12,13)14/h4-5,7-8H,6H2,1-3H3,(H2,12,13,14). The van der Waals surface area contributed by atoms with Crippen molar-refractivity contribution in [2.45, 2.75) is 32.1 Å². The molecule has 15 heavy (non-hydrogen) atoms. The van der Waals surface area contributed by atoms with E-state index in [-0.39, 0.29) is 4.90 Å². The molecule has 1 aromatic carbocycles. The van der Waals surface area contributed by atoms with Crippen LogP contribution >= 0.6 is 0 Å². The molecule has 0 atom stereocenters. The van der Waals surface area contributed by atoms with Crippen LogP contribution in [0, 0.1) is 12.8 Å². The fourth-order valence-corrected chi connectivity index (χ4v) is 2.38. The molecule has 1 rings (SSSR count). The van der Waals surface area contributed by atoms with Crippen molar-refractivity contribution in [2.24, 2.45) is 11.1 Å². The lowest BCUT2D eigenvalue weighted by Gasteiger charge is -2.08. The SMILES string of the molecule is Cc1ccc(CC(C)C)cc1S(N)(=O)=O. The Hall–Kier alpha value is -0.870. The van der Waals surface area contributed by atoms with Crippen molar-refractivity contribution in [1.29, 1.82) is 0 Å². The minimum absolute atomic E-state index is 0.237. The maximum absolute atomic E-state index is 11.3. The van der Waals surface area contributed by atoms with Gasteiger partial charge in [-0.2, -0.15) is 0 Å². The summed E-state index contributed by atoms with van der Waals surface area (Å²) >= 11 is 0. The van der Waals surface area contributed by atoms with E-state index in [9.17, 15) is 8.42 Å². The van der Waals surface area contributed by atoms with Crippen molar-refractivity contribution in [2.75, 3.05) is 0 Å². The van der Waals surface area contributed by atoms with Gasteiger partial charge in [0, 0.05) is 0 Å². The van der Waals surface area contributed by atoms with Crippen LogP contribution in [0.15, 0.2) is 23.1 Å². The summed E-state index contributed by atoms with van der Waals surface area (Å²) in [5.74, 6) is 0.501. The van der Waals surface area contributed by atoms with Crippen LogP contribution in [0.25, 0.3) is 0 Å². The number of primary sulfonamides is 1. The summed E-state index contributed by atoms with van der Waals surface area (Å²) in [4.78, 5) is 0.237. The van der Waals surface area contributed by atoms with E-state index in [4.69, 9.17) is 5.14 Å². The lowest BCUT2D eigenvalue weighted by Crippen LogP contribution is -2.14. The van der Waals surface area contributed by atoms with Gasteiger partial charge in [-0.1, -0.05) is 26.0 Å². The zero-order chi connectivity index (χ0) is 11.6. The van der Waals surface area contributed by atoms with Crippen LogP contribution in [0.1, 0.15) is 25.0 Å². The van der Waals surface area contributed by atoms with E-state index in [1.165, 1.54) is 0 Å². The zero-order valence-corrected chi connectivity index (χ0v) is 10.1. The normalized spacial score (nSPS) is 12.1. The minimum atomic E-state index is -3.59. The number of hydrogen-bond acceptors (Lipinski definition) is 2. The van der Waals surface area contributed by atoms with Gasteiger partial charge >= 0.3 is 0 Å². The van der Waals surface area contributed by atoms with Gasteiger partial charge < -0.3 is 0 Å². The van der Waals surface area contributed by atoms with E-state index in [0.29, 0.717) is 11.5 Å². The quantitative estimate of drug-likeness (QED) is 0.856. The van der Waals surface area contributed by atoms with Gasteiger partial charge in [0.1, 0.15) is 0 Å². The van der Waals surface area contributed by atoms with Gasteiger partial charge in [0.15, 0.2) is 0 Å². The van der Waals surface area contributed by atoms with Crippen LogP contribution < -0.4 is 5.14 Å². The Labute approximate surface area is 91.4 Å². The molecule has 0 aliphatic heterocycles. The highest BCUT2D eigenvalue weighted by molar-refractivity contribution is 7.89. The van der Waals surface area contributed by atoms with Crippen molar-refractivity contribution in [1.82, 2.24) is 0 Å². The number of nitrogens with two attached hydrogens (primary N) is 1. The maximum Gasteiger partial charge on any atom is 0.238 e. The first-order chi connectivity index (χ1) is 6.80. The molecular weight excluding hydrogens is 210 g/mol. The second kappa shape index (κ2) is 4.33. The molecule has 0 heterocycles. The van der Waals surface area contributed by atoms with Crippen LogP contribution in [0.4, 0.5) is 0 Å². The number of aryl methyl sites for hydroxylation is 1. The second-order valence-electron chi connectivity index (χ2n) is 4.24. The second-order valence-corrected chi connectivity index (χ2v) is 5.77. The summed E-state index contributed by atoms with van der Waals surface area (Å²) in [5, 5.41) is 5.13. The Morgan fingerprint density at radius 2 is 1.93 bits per heavy atom. The number of hydrogen-bond donors (Lipinski definition) is 1. The molecule has 0 fully saturated rings. The molecule has 0 aliphatic rings. The van der Waals surface area contributed by atoms with Gasteiger partial charge in [-0.25, -0.2) is 13.6 Å². The fourth-order valence-electron chi connectivity index (χ4n) is 1.55. The Morgan fingerprint density at radius 1 is 1.33 bits per heavy atom. The summed E-state index contributed by atoms with van der Waals surface area (Å²) in [6, 6.07) is 5.42. The molecule has 0 bridgehead atoms. The van der Waals surface area contributed by atoms with E-state index in [1.54, 1.807) is 19.1 Å². The highest BCUT2D eigenvalue weighted by atomic mass is 32.2. The van der Waals surface area contributed by atoms with Gasteiger partial charge in [0.25, 0.3) is 0 Å². The Morgan fingerprint density at radius 3 is 2.40 bits per heavy atom.